The quantitative estimate of drug-likeness (QED) is 0.684. The maximum atomic E-state index is 12.5. The summed E-state index contributed by atoms with van der Waals surface area (Å²) in [6, 6.07) is 6.91. The average Bonchev–Trinajstić information content (AvgIpc) is 2.39. The number of rotatable bonds is 3. The Kier molecular flexibility index (Phi) is 3.85. The summed E-state index contributed by atoms with van der Waals surface area (Å²) < 4.78 is 0.882. The second-order valence-electron chi connectivity index (χ2n) is 4.78. The molecule has 0 unspecified atom stereocenters. The molecule has 1 aliphatic rings. The van der Waals surface area contributed by atoms with Crippen molar-refractivity contribution in [2.45, 2.75) is 32.1 Å². The fourth-order valence-electron chi connectivity index (χ4n) is 2.57. The van der Waals surface area contributed by atoms with Crippen molar-refractivity contribution in [3.8, 4) is 0 Å². The van der Waals surface area contributed by atoms with Crippen molar-refractivity contribution in [3.05, 3.63) is 34.3 Å². The summed E-state index contributed by atoms with van der Waals surface area (Å²) in [7, 11) is 0. The number of carbonyl (C=O) groups excluding carboxylic acids is 1. The Labute approximate surface area is 114 Å². The van der Waals surface area contributed by atoms with Gasteiger partial charge in [-0.3, -0.25) is 9.59 Å². The monoisotopic (exact) mass is 310 g/mol. The molecule has 4 heteroatoms. The number of benzene rings is 1. The van der Waals surface area contributed by atoms with Crippen LogP contribution in [-0.4, -0.2) is 16.9 Å². The smallest absolute Gasteiger partial charge is 0.317 e. The largest absolute Gasteiger partial charge is 0.480 e. The number of ketones is 1. The fourth-order valence-corrected chi connectivity index (χ4v) is 2.84. The molecule has 2 rings (SSSR count). The Morgan fingerprint density at radius 3 is 2.11 bits per heavy atom. The maximum Gasteiger partial charge on any atom is 0.317 e. The van der Waals surface area contributed by atoms with Gasteiger partial charge in [-0.15, -0.1) is 0 Å². The molecule has 0 aromatic heterocycles. The van der Waals surface area contributed by atoms with Gasteiger partial charge in [0.1, 0.15) is 5.41 Å². The molecule has 1 fully saturated rings. The summed E-state index contributed by atoms with van der Waals surface area (Å²) in [6.45, 7) is 0. The molecular weight excluding hydrogens is 296 g/mol. The van der Waals surface area contributed by atoms with Crippen molar-refractivity contribution in [3.63, 3.8) is 0 Å². The Bertz CT molecular complexity index is 458. The zero-order chi connectivity index (χ0) is 13.2. The van der Waals surface area contributed by atoms with Crippen LogP contribution in [-0.2, 0) is 4.79 Å². The number of halogens is 1. The lowest BCUT2D eigenvalue weighted by molar-refractivity contribution is -0.147. The third-order valence-electron chi connectivity index (χ3n) is 3.66. The van der Waals surface area contributed by atoms with Crippen molar-refractivity contribution in [1.82, 2.24) is 0 Å². The van der Waals surface area contributed by atoms with E-state index in [1.807, 2.05) is 0 Å². The van der Waals surface area contributed by atoms with E-state index in [1.165, 1.54) is 0 Å². The van der Waals surface area contributed by atoms with E-state index < -0.39 is 11.4 Å². The Hall–Kier alpha value is -1.16. The predicted octanol–water partition coefficient (Wildman–Crippen LogP) is 3.67. The van der Waals surface area contributed by atoms with E-state index in [0.717, 1.165) is 23.7 Å². The fraction of sp³-hybridized carbons (Fsp3) is 0.429. The minimum atomic E-state index is -1.20. The van der Waals surface area contributed by atoms with Crippen molar-refractivity contribution in [1.29, 1.82) is 0 Å². The SMILES string of the molecule is O=C(O)C1(C(=O)c2ccc(Br)cc2)CCCCC1. The summed E-state index contributed by atoms with van der Waals surface area (Å²) in [6.07, 6.45) is 3.56. The highest BCUT2D eigenvalue weighted by atomic mass is 79.9. The first-order chi connectivity index (χ1) is 8.56. The molecule has 0 spiro atoms. The van der Waals surface area contributed by atoms with Crippen LogP contribution in [0.3, 0.4) is 0 Å². The van der Waals surface area contributed by atoms with Crippen LogP contribution >= 0.6 is 15.9 Å². The van der Waals surface area contributed by atoms with Crippen LogP contribution in [0.2, 0.25) is 0 Å². The molecule has 3 nitrogen and oxygen atoms in total. The molecule has 1 aromatic carbocycles. The number of carboxylic acids is 1. The summed E-state index contributed by atoms with van der Waals surface area (Å²) in [5.74, 6) is -1.22. The van der Waals surface area contributed by atoms with E-state index in [9.17, 15) is 14.7 Å². The molecule has 1 aliphatic carbocycles. The van der Waals surface area contributed by atoms with Gasteiger partial charge in [0.05, 0.1) is 0 Å². The first-order valence-electron chi connectivity index (χ1n) is 6.10. The molecule has 0 bridgehead atoms. The summed E-state index contributed by atoms with van der Waals surface area (Å²) >= 11 is 3.31. The van der Waals surface area contributed by atoms with Crippen LogP contribution < -0.4 is 0 Å². The standard InChI is InChI=1S/C14H15BrO3/c15-11-6-4-10(5-7-11)12(16)14(13(17)18)8-2-1-3-9-14/h4-7H,1-3,8-9H2,(H,17,18). The molecule has 1 aromatic rings. The van der Waals surface area contributed by atoms with E-state index >= 15 is 0 Å². The Balaban J connectivity index is 2.34. The van der Waals surface area contributed by atoms with E-state index in [-0.39, 0.29) is 5.78 Å². The number of carbonyl (C=O) groups is 2. The van der Waals surface area contributed by atoms with E-state index in [1.54, 1.807) is 24.3 Å². The van der Waals surface area contributed by atoms with Crippen LogP contribution in [0.4, 0.5) is 0 Å². The molecule has 18 heavy (non-hydrogen) atoms. The van der Waals surface area contributed by atoms with E-state index in [2.05, 4.69) is 15.9 Å². The molecule has 1 N–H and O–H groups in total. The van der Waals surface area contributed by atoms with Crippen LogP contribution in [0.5, 0.6) is 0 Å². The highest BCUT2D eigenvalue weighted by Crippen LogP contribution is 2.39. The number of Topliss-reactive ketones (excluding diaryl/α,β-unsaturated/α-hetero) is 1. The Morgan fingerprint density at radius 2 is 1.61 bits per heavy atom. The second kappa shape index (κ2) is 5.22. The van der Waals surface area contributed by atoms with Crippen LogP contribution in [0.1, 0.15) is 42.5 Å². The molecule has 0 heterocycles. The number of carboxylic acid groups (broad SMARTS) is 1. The van der Waals surface area contributed by atoms with Gasteiger partial charge < -0.3 is 5.11 Å². The zero-order valence-corrected chi connectivity index (χ0v) is 11.6. The topological polar surface area (TPSA) is 54.4 Å². The summed E-state index contributed by atoms with van der Waals surface area (Å²) in [5.41, 5.74) is -0.714. The first kappa shape index (κ1) is 13.3. The van der Waals surface area contributed by atoms with Gasteiger partial charge in [0.2, 0.25) is 0 Å². The zero-order valence-electron chi connectivity index (χ0n) is 9.99. The second-order valence-corrected chi connectivity index (χ2v) is 5.70. The molecule has 0 amide bonds. The van der Waals surface area contributed by atoms with Gasteiger partial charge >= 0.3 is 5.97 Å². The summed E-state index contributed by atoms with van der Waals surface area (Å²) in [5, 5.41) is 9.44. The predicted molar refractivity (Wildman–Crippen MR) is 71.6 cm³/mol. The van der Waals surface area contributed by atoms with Crippen molar-refractivity contribution >= 4 is 27.7 Å². The molecular formula is C14H15BrO3. The molecule has 0 atom stereocenters. The van der Waals surface area contributed by atoms with Gasteiger partial charge in [0.15, 0.2) is 5.78 Å². The van der Waals surface area contributed by atoms with Crippen molar-refractivity contribution in [2.75, 3.05) is 0 Å². The highest BCUT2D eigenvalue weighted by molar-refractivity contribution is 9.10. The van der Waals surface area contributed by atoms with Crippen molar-refractivity contribution < 1.29 is 14.7 Å². The van der Waals surface area contributed by atoms with Crippen LogP contribution in [0.15, 0.2) is 28.7 Å². The molecule has 1 saturated carbocycles. The molecule has 96 valence electrons. The minimum absolute atomic E-state index is 0.248. The maximum absolute atomic E-state index is 12.5. The first-order valence-corrected chi connectivity index (χ1v) is 6.89. The molecule has 0 saturated heterocycles. The third-order valence-corrected chi connectivity index (χ3v) is 4.19. The average molecular weight is 311 g/mol. The molecule has 0 radical (unpaired) electrons. The number of hydrogen-bond donors (Lipinski definition) is 1. The van der Waals surface area contributed by atoms with Crippen LogP contribution in [0, 0.1) is 5.41 Å². The molecule has 0 aliphatic heterocycles. The Morgan fingerprint density at radius 1 is 1.06 bits per heavy atom. The number of aliphatic carboxylic acids is 1. The lowest BCUT2D eigenvalue weighted by Crippen LogP contribution is -2.41. The van der Waals surface area contributed by atoms with Gasteiger partial charge in [-0.1, -0.05) is 47.3 Å². The third kappa shape index (κ3) is 2.34. The number of hydrogen-bond acceptors (Lipinski definition) is 2. The normalized spacial score (nSPS) is 18.3. The summed E-state index contributed by atoms with van der Waals surface area (Å²) in [4.78, 5) is 24.0. The van der Waals surface area contributed by atoms with E-state index in [0.29, 0.717) is 18.4 Å². The lowest BCUT2D eigenvalue weighted by Gasteiger charge is -2.31. The van der Waals surface area contributed by atoms with Gasteiger partial charge in [-0.2, -0.15) is 0 Å². The lowest BCUT2D eigenvalue weighted by atomic mass is 9.69. The van der Waals surface area contributed by atoms with Crippen molar-refractivity contribution in [2.24, 2.45) is 5.41 Å². The van der Waals surface area contributed by atoms with Gasteiger partial charge in [-0.05, 0) is 25.0 Å². The van der Waals surface area contributed by atoms with Crippen LogP contribution in [0.25, 0.3) is 0 Å². The highest BCUT2D eigenvalue weighted by Gasteiger charge is 2.46. The van der Waals surface area contributed by atoms with Gasteiger partial charge in [0.25, 0.3) is 0 Å². The minimum Gasteiger partial charge on any atom is -0.480 e. The van der Waals surface area contributed by atoms with Gasteiger partial charge in [-0.25, -0.2) is 0 Å². The van der Waals surface area contributed by atoms with E-state index in [4.69, 9.17) is 0 Å². The van der Waals surface area contributed by atoms with Gasteiger partial charge in [0, 0.05) is 10.0 Å².